The van der Waals surface area contributed by atoms with Gasteiger partial charge in [0.1, 0.15) is 5.75 Å². The van der Waals surface area contributed by atoms with Gasteiger partial charge in [-0.25, -0.2) is 4.79 Å². The van der Waals surface area contributed by atoms with E-state index in [-0.39, 0.29) is 12.2 Å². The van der Waals surface area contributed by atoms with Crippen molar-refractivity contribution >= 4 is 12.0 Å². The number of benzene rings is 2. The van der Waals surface area contributed by atoms with Crippen LogP contribution in [0.2, 0.25) is 0 Å². The van der Waals surface area contributed by atoms with Gasteiger partial charge in [-0.2, -0.15) is 22.0 Å². The molecule has 1 N–H and O–H groups in total. The highest BCUT2D eigenvalue weighted by Crippen LogP contribution is 2.32. The van der Waals surface area contributed by atoms with Crippen molar-refractivity contribution in [2.45, 2.75) is 25.1 Å². The standard InChI is InChI=1S/C19H15F5O3/c20-18(21,22)12-11-14-1-6-15(7-2-14)19(23,24)27-16-8-3-13(4-9-16)5-10-17(25)26/h1-10H,11-12H2,(H,25,26)/b10-5+. The minimum absolute atomic E-state index is 0.145. The van der Waals surface area contributed by atoms with Crippen LogP contribution in [0.1, 0.15) is 23.1 Å². The first kappa shape index (κ1) is 20.4. The maximum Gasteiger partial charge on any atom is 0.426 e. The summed E-state index contributed by atoms with van der Waals surface area (Å²) >= 11 is 0. The molecule has 0 unspecified atom stereocenters. The third-order valence-corrected chi connectivity index (χ3v) is 3.53. The summed E-state index contributed by atoms with van der Waals surface area (Å²) in [5, 5.41) is 8.53. The molecule has 0 bridgehead atoms. The molecular weight excluding hydrogens is 371 g/mol. The molecule has 0 aliphatic heterocycles. The molecule has 0 saturated carbocycles. The predicted molar refractivity (Wildman–Crippen MR) is 88.5 cm³/mol. The fraction of sp³-hybridized carbons (Fsp3) is 0.211. The quantitative estimate of drug-likeness (QED) is 0.511. The molecule has 0 heterocycles. The van der Waals surface area contributed by atoms with Crippen molar-refractivity contribution in [3.63, 3.8) is 0 Å². The van der Waals surface area contributed by atoms with E-state index in [1.807, 2.05) is 0 Å². The van der Waals surface area contributed by atoms with E-state index in [1.54, 1.807) is 0 Å². The van der Waals surface area contributed by atoms with Gasteiger partial charge in [0.2, 0.25) is 0 Å². The first-order valence-corrected chi connectivity index (χ1v) is 7.79. The van der Waals surface area contributed by atoms with Crippen molar-refractivity contribution in [2.75, 3.05) is 0 Å². The second-order valence-electron chi connectivity index (χ2n) is 5.67. The number of carboxylic acids is 1. The van der Waals surface area contributed by atoms with Crippen LogP contribution in [0.3, 0.4) is 0 Å². The molecule has 0 aliphatic rings. The van der Waals surface area contributed by atoms with Gasteiger partial charge in [-0.1, -0.05) is 24.3 Å². The summed E-state index contributed by atoms with van der Waals surface area (Å²) in [5.41, 5.74) is 0.289. The van der Waals surface area contributed by atoms with E-state index in [0.717, 1.165) is 18.2 Å². The largest absolute Gasteiger partial charge is 0.478 e. The zero-order chi connectivity index (χ0) is 20.1. The van der Waals surface area contributed by atoms with Crippen LogP contribution in [0.25, 0.3) is 6.08 Å². The molecule has 2 rings (SSSR count). The van der Waals surface area contributed by atoms with Crippen LogP contribution in [0.15, 0.2) is 54.6 Å². The normalized spacial score (nSPS) is 12.3. The predicted octanol–water partition coefficient (Wildman–Crippen LogP) is 5.41. The minimum atomic E-state index is -4.31. The van der Waals surface area contributed by atoms with E-state index in [2.05, 4.69) is 4.74 Å². The molecular formula is C19H15F5O3. The zero-order valence-electron chi connectivity index (χ0n) is 13.8. The molecule has 8 heteroatoms. The van der Waals surface area contributed by atoms with Gasteiger partial charge < -0.3 is 9.84 Å². The Bertz CT molecular complexity index is 794. The molecule has 144 valence electrons. The van der Waals surface area contributed by atoms with Crippen LogP contribution in [-0.2, 0) is 17.3 Å². The Hall–Kier alpha value is -2.90. The van der Waals surface area contributed by atoms with Crippen molar-refractivity contribution in [1.29, 1.82) is 0 Å². The molecule has 0 amide bonds. The highest BCUT2D eigenvalue weighted by Gasteiger charge is 2.34. The minimum Gasteiger partial charge on any atom is -0.478 e. The van der Waals surface area contributed by atoms with Gasteiger partial charge in [-0.05, 0) is 47.9 Å². The van der Waals surface area contributed by atoms with E-state index in [0.29, 0.717) is 11.1 Å². The van der Waals surface area contributed by atoms with Crippen molar-refractivity contribution < 1.29 is 36.6 Å². The van der Waals surface area contributed by atoms with Crippen molar-refractivity contribution in [1.82, 2.24) is 0 Å². The molecule has 0 atom stereocenters. The molecule has 0 aliphatic carbocycles. The number of aliphatic carboxylic acids is 1. The average molecular weight is 386 g/mol. The van der Waals surface area contributed by atoms with Crippen LogP contribution in [-0.4, -0.2) is 17.3 Å². The number of aryl methyl sites for hydroxylation is 1. The van der Waals surface area contributed by atoms with Crippen molar-refractivity contribution in [3.05, 3.63) is 71.3 Å². The van der Waals surface area contributed by atoms with Gasteiger partial charge in [0.25, 0.3) is 0 Å². The number of hydrogen-bond donors (Lipinski definition) is 1. The summed E-state index contributed by atoms with van der Waals surface area (Å²) in [7, 11) is 0. The highest BCUT2D eigenvalue weighted by molar-refractivity contribution is 5.85. The fourth-order valence-corrected chi connectivity index (χ4v) is 2.17. The number of hydrogen-bond acceptors (Lipinski definition) is 2. The fourth-order valence-electron chi connectivity index (χ4n) is 2.17. The monoisotopic (exact) mass is 386 g/mol. The van der Waals surface area contributed by atoms with Crippen LogP contribution in [0.5, 0.6) is 5.75 Å². The summed E-state index contributed by atoms with van der Waals surface area (Å²) in [6.07, 6.45) is -7.10. The third-order valence-electron chi connectivity index (χ3n) is 3.53. The lowest BCUT2D eigenvalue weighted by Crippen LogP contribution is -2.21. The smallest absolute Gasteiger partial charge is 0.426 e. The molecule has 3 nitrogen and oxygen atoms in total. The summed E-state index contributed by atoms with van der Waals surface area (Å²) in [4.78, 5) is 10.4. The summed E-state index contributed by atoms with van der Waals surface area (Å²) in [6, 6.07) is 9.79. The molecule has 0 saturated heterocycles. The van der Waals surface area contributed by atoms with Crippen LogP contribution >= 0.6 is 0 Å². The van der Waals surface area contributed by atoms with Crippen molar-refractivity contribution in [3.8, 4) is 5.75 Å². The average Bonchev–Trinajstić information content (AvgIpc) is 2.59. The number of alkyl halides is 5. The summed E-state index contributed by atoms with van der Waals surface area (Å²) < 4.78 is 69.7. The first-order valence-electron chi connectivity index (χ1n) is 7.79. The van der Waals surface area contributed by atoms with Crippen LogP contribution in [0.4, 0.5) is 22.0 Å². The summed E-state index contributed by atoms with van der Waals surface area (Å²) in [6.45, 7) is 0. The van der Waals surface area contributed by atoms with Gasteiger partial charge in [-0.3, -0.25) is 0 Å². The Morgan fingerprint density at radius 2 is 1.56 bits per heavy atom. The summed E-state index contributed by atoms with van der Waals surface area (Å²) in [5.74, 6) is -1.28. The van der Waals surface area contributed by atoms with Gasteiger partial charge >= 0.3 is 18.3 Å². The van der Waals surface area contributed by atoms with E-state index >= 15 is 0 Å². The second kappa shape index (κ2) is 8.20. The molecule has 0 spiro atoms. The molecule has 2 aromatic rings. The first-order chi connectivity index (χ1) is 12.5. The van der Waals surface area contributed by atoms with Gasteiger partial charge in [0.15, 0.2) is 0 Å². The topological polar surface area (TPSA) is 46.5 Å². The van der Waals surface area contributed by atoms with E-state index < -0.39 is 30.2 Å². The molecule has 0 aromatic heterocycles. The number of rotatable bonds is 7. The van der Waals surface area contributed by atoms with Crippen LogP contribution in [0, 0.1) is 0 Å². The number of halogens is 5. The van der Waals surface area contributed by atoms with Gasteiger partial charge in [0, 0.05) is 12.5 Å². The maximum absolute atomic E-state index is 14.2. The Balaban J connectivity index is 2.04. The SMILES string of the molecule is O=C(O)/C=C/c1ccc(OC(F)(F)c2ccc(CCC(F)(F)F)cc2)cc1. The van der Waals surface area contributed by atoms with E-state index in [1.165, 1.54) is 42.5 Å². The zero-order valence-corrected chi connectivity index (χ0v) is 13.8. The number of carboxylic acid groups (broad SMARTS) is 1. The van der Waals surface area contributed by atoms with Gasteiger partial charge in [0.05, 0.1) is 5.56 Å². The molecule has 2 aromatic carbocycles. The lowest BCUT2D eigenvalue weighted by molar-refractivity contribution is -0.185. The Morgan fingerprint density at radius 1 is 0.963 bits per heavy atom. The Labute approximate surface area is 151 Å². The lowest BCUT2D eigenvalue weighted by atomic mass is 10.1. The van der Waals surface area contributed by atoms with Crippen LogP contribution < -0.4 is 4.74 Å². The van der Waals surface area contributed by atoms with E-state index in [4.69, 9.17) is 5.11 Å². The third kappa shape index (κ3) is 6.73. The van der Waals surface area contributed by atoms with E-state index in [9.17, 15) is 26.7 Å². The second-order valence-corrected chi connectivity index (χ2v) is 5.67. The lowest BCUT2D eigenvalue weighted by Gasteiger charge is -2.18. The number of ether oxygens (including phenoxy) is 1. The van der Waals surface area contributed by atoms with Gasteiger partial charge in [-0.15, -0.1) is 0 Å². The van der Waals surface area contributed by atoms with Crippen molar-refractivity contribution in [2.24, 2.45) is 0 Å². The molecule has 0 radical (unpaired) electrons. The highest BCUT2D eigenvalue weighted by atomic mass is 19.4. The molecule has 27 heavy (non-hydrogen) atoms. The molecule has 0 fully saturated rings. The Morgan fingerprint density at radius 3 is 2.07 bits per heavy atom. The number of carbonyl (C=O) groups is 1. The maximum atomic E-state index is 14.2. The Kier molecular flexibility index (Phi) is 6.20.